The Morgan fingerprint density at radius 3 is 2.02 bits per heavy atom. The third-order valence-electron chi connectivity index (χ3n) is 7.24. The van der Waals surface area contributed by atoms with E-state index in [1.54, 1.807) is 12.1 Å². The molecule has 0 fully saturated rings. The molecule has 0 saturated heterocycles. The van der Waals surface area contributed by atoms with Crippen molar-refractivity contribution in [1.82, 2.24) is 0 Å². The maximum absolute atomic E-state index is 12.8. The first-order chi connectivity index (χ1) is 18.3. The summed E-state index contributed by atoms with van der Waals surface area (Å²) in [4.78, 5) is -0.796. The lowest BCUT2D eigenvalue weighted by atomic mass is 9.86. The molecular formula is C28H34N4O6S2. The molecule has 0 amide bonds. The molecule has 2 aliphatic rings. The maximum atomic E-state index is 12.8. The minimum atomic E-state index is -4.79. The molecule has 214 valence electrons. The molecule has 2 heterocycles. The van der Waals surface area contributed by atoms with E-state index >= 15 is 0 Å². The second-order valence-corrected chi connectivity index (χ2v) is 15.1. The summed E-state index contributed by atoms with van der Waals surface area (Å²) in [5.41, 5.74) is 3.03. The zero-order valence-electron chi connectivity index (χ0n) is 23.1. The van der Waals surface area contributed by atoms with Crippen LogP contribution >= 0.6 is 0 Å². The van der Waals surface area contributed by atoms with Gasteiger partial charge in [0.15, 0.2) is 0 Å². The third-order valence-corrected chi connectivity index (χ3v) is 9.05. The molecule has 3 aromatic rings. The van der Waals surface area contributed by atoms with Gasteiger partial charge in [-0.2, -0.15) is 16.8 Å². The van der Waals surface area contributed by atoms with Gasteiger partial charge in [-0.25, -0.2) is 0 Å². The Bertz CT molecular complexity index is 1740. The molecule has 10 nitrogen and oxygen atoms in total. The van der Waals surface area contributed by atoms with E-state index in [-0.39, 0.29) is 39.5 Å². The zero-order chi connectivity index (χ0) is 29.4. The molecule has 6 N–H and O–H groups in total. The highest BCUT2D eigenvalue weighted by molar-refractivity contribution is 7.86. The van der Waals surface area contributed by atoms with E-state index < -0.39 is 36.2 Å². The molecular weight excluding hydrogens is 552 g/mol. The van der Waals surface area contributed by atoms with E-state index in [9.17, 15) is 25.9 Å². The summed E-state index contributed by atoms with van der Waals surface area (Å²) < 4.78 is 70.8. The molecule has 0 aromatic heterocycles. The average Bonchev–Trinajstić information content (AvgIpc) is 3.45. The Hall–Kier alpha value is -3.32. The van der Waals surface area contributed by atoms with Crippen molar-refractivity contribution in [2.45, 2.75) is 69.1 Å². The summed E-state index contributed by atoms with van der Waals surface area (Å²) in [6.07, 6.45) is -0.824. The van der Waals surface area contributed by atoms with Crippen LogP contribution in [0.25, 0.3) is 11.1 Å². The number of benzene rings is 3. The van der Waals surface area contributed by atoms with Crippen LogP contribution < -0.4 is 21.3 Å². The monoisotopic (exact) mass is 586 g/mol. The second-order valence-electron chi connectivity index (χ2n) is 12.4. The molecule has 0 bridgehead atoms. The van der Waals surface area contributed by atoms with Crippen LogP contribution in [0.15, 0.2) is 58.3 Å². The van der Waals surface area contributed by atoms with Gasteiger partial charge in [0.2, 0.25) is 0 Å². The van der Waals surface area contributed by atoms with E-state index in [1.807, 2.05) is 45.0 Å². The van der Waals surface area contributed by atoms with E-state index in [2.05, 4.69) is 42.0 Å². The first-order valence-electron chi connectivity index (χ1n) is 12.8. The highest BCUT2D eigenvalue weighted by Crippen LogP contribution is 2.48. The third kappa shape index (κ3) is 5.12. The lowest BCUT2D eigenvalue weighted by Gasteiger charge is -2.27. The van der Waals surface area contributed by atoms with Crippen LogP contribution in [0.5, 0.6) is 0 Å². The van der Waals surface area contributed by atoms with Crippen molar-refractivity contribution in [3.05, 3.63) is 59.7 Å². The standard InChI is InChI=1S/C28H34N4O6S2/c1-27(2,3)17-9-7-8-15(12-17)25-29-19-11-10-18(24(23(19)31-25)40(36,37)38)16-13-20-22(21(14-16)39(33,34)35)32-26(30-20)28(4,5)6/h7-14,25-26,29-32H,1-6H3,(H,33,34,35)(H,36,37,38). The normalized spacial score (nSPS) is 18.7. The number of rotatable bonds is 4. The molecule has 0 spiro atoms. The largest absolute Gasteiger partial charge is 0.363 e. The van der Waals surface area contributed by atoms with E-state index in [1.165, 1.54) is 12.1 Å². The highest BCUT2D eigenvalue weighted by atomic mass is 32.2. The van der Waals surface area contributed by atoms with Crippen LogP contribution in [0, 0.1) is 5.41 Å². The first-order valence-corrected chi connectivity index (χ1v) is 15.7. The number of nitrogens with one attached hydrogen (secondary N) is 4. The number of hydrogen-bond donors (Lipinski definition) is 6. The maximum Gasteiger partial charge on any atom is 0.297 e. The topological polar surface area (TPSA) is 157 Å². The predicted octanol–water partition coefficient (Wildman–Crippen LogP) is 5.89. The smallest absolute Gasteiger partial charge is 0.297 e. The quantitative estimate of drug-likeness (QED) is 0.204. The first kappa shape index (κ1) is 28.2. The molecule has 0 radical (unpaired) electrons. The summed E-state index contributed by atoms with van der Waals surface area (Å²) >= 11 is 0. The summed E-state index contributed by atoms with van der Waals surface area (Å²) in [5.74, 6) is 0. The van der Waals surface area contributed by atoms with Crippen molar-refractivity contribution in [2.24, 2.45) is 5.41 Å². The van der Waals surface area contributed by atoms with Crippen LogP contribution in [0.1, 0.15) is 58.8 Å². The van der Waals surface area contributed by atoms with Gasteiger partial charge in [0.1, 0.15) is 22.1 Å². The van der Waals surface area contributed by atoms with E-state index in [4.69, 9.17) is 0 Å². The molecule has 2 unspecified atom stereocenters. The van der Waals surface area contributed by atoms with Gasteiger partial charge in [-0.05, 0) is 40.3 Å². The van der Waals surface area contributed by atoms with Gasteiger partial charge in [-0.3, -0.25) is 9.11 Å². The lowest BCUT2D eigenvalue weighted by molar-refractivity contribution is 0.372. The average molecular weight is 587 g/mol. The van der Waals surface area contributed by atoms with Gasteiger partial charge >= 0.3 is 0 Å². The Morgan fingerprint density at radius 1 is 0.725 bits per heavy atom. The Morgan fingerprint density at radius 2 is 1.43 bits per heavy atom. The SMILES string of the molecule is CC(C)(C)c1cccc(C2Nc3ccc(-c4cc5c(c(S(=O)(=O)O)c4)NC(C(C)(C)C)N5)c(S(=O)(=O)O)c3N2)c1. The summed E-state index contributed by atoms with van der Waals surface area (Å²) in [7, 11) is -9.48. The summed E-state index contributed by atoms with van der Waals surface area (Å²) in [5, 5.41) is 12.8. The van der Waals surface area contributed by atoms with Gasteiger partial charge in [0, 0.05) is 11.0 Å². The summed E-state index contributed by atoms with van der Waals surface area (Å²) in [6, 6.07) is 13.9. The number of hydrogen-bond acceptors (Lipinski definition) is 8. The van der Waals surface area contributed by atoms with Crippen LogP contribution in [0.3, 0.4) is 0 Å². The Kier molecular flexibility index (Phi) is 6.42. The van der Waals surface area contributed by atoms with Gasteiger partial charge in [0.05, 0.1) is 22.7 Å². The van der Waals surface area contributed by atoms with Crippen LogP contribution in [0.2, 0.25) is 0 Å². The fraction of sp³-hybridized carbons (Fsp3) is 0.357. The summed E-state index contributed by atoms with van der Waals surface area (Å²) in [6.45, 7) is 12.2. The van der Waals surface area contributed by atoms with Crippen molar-refractivity contribution in [1.29, 1.82) is 0 Å². The molecule has 40 heavy (non-hydrogen) atoms. The van der Waals surface area contributed by atoms with Crippen molar-refractivity contribution < 1.29 is 25.9 Å². The Balaban J connectivity index is 1.64. The van der Waals surface area contributed by atoms with Crippen molar-refractivity contribution >= 4 is 43.0 Å². The van der Waals surface area contributed by atoms with Crippen molar-refractivity contribution in [2.75, 3.05) is 21.3 Å². The van der Waals surface area contributed by atoms with Gasteiger partial charge in [0.25, 0.3) is 20.2 Å². The van der Waals surface area contributed by atoms with Crippen LogP contribution in [-0.4, -0.2) is 32.1 Å². The van der Waals surface area contributed by atoms with Crippen molar-refractivity contribution in [3.63, 3.8) is 0 Å². The Labute approximate surface area is 235 Å². The van der Waals surface area contributed by atoms with Gasteiger partial charge < -0.3 is 21.3 Å². The fourth-order valence-corrected chi connectivity index (χ4v) is 6.63. The number of fused-ring (bicyclic) bond motifs is 2. The van der Waals surface area contributed by atoms with Crippen LogP contribution in [-0.2, 0) is 25.7 Å². The molecule has 3 aromatic carbocycles. The van der Waals surface area contributed by atoms with Gasteiger partial charge in [-0.15, -0.1) is 0 Å². The van der Waals surface area contributed by atoms with E-state index in [0.717, 1.165) is 11.1 Å². The fourth-order valence-electron chi connectivity index (χ4n) is 5.03. The molecule has 2 atom stereocenters. The number of anilines is 4. The molecule has 2 aliphatic heterocycles. The van der Waals surface area contributed by atoms with Crippen molar-refractivity contribution in [3.8, 4) is 11.1 Å². The van der Waals surface area contributed by atoms with E-state index in [0.29, 0.717) is 11.4 Å². The lowest BCUT2D eigenvalue weighted by Crippen LogP contribution is -2.36. The second kappa shape index (κ2) is 9.10. The molecule has 12 heteroatoms. The molecule has 5 rings (SSSR count). The predicted molar refractivity (Wildman–Crippen MR) is 157 cm³/mol. The highest BCUT2D eigenvalue weighted by Gasteiger charge is 2.36. The molecule has 0 saturated carbocycles. The van der Waals surface area contributed by atoms with Crippen LogP contribution in [0.4, 0.5) is 22.7 Å². The zero-order valence-corrected chi connectivity index (χ0v) is 24.8. The molecule has 0 aliphatic carbocycles. The van der Waals surface area contributed by atoms with Gasteiger partial charge in [-0.1, -0.05) is 71.9 Å². The minimum absolute atomic E-state index is 0.0772. The minimum Gasteiger partial charge on any atom is -0.363 e.